The molecule has 0 unspecified atom stereocenters. The molecule has 0 bridgehead atoms. The van der Waals surface area contributed by atoms with Crippen molar-refractivity contribution in [2.24, 2.45) is 5.92 Å². The summed E-state index contributed by atoms with van der Waals surface area (Å²) in [6.45, 7) is 6.32. The average molecular weight is 896 g/mol. The summed E-state index contributed by atoms with van der Waals surface area (Å²) < 4.78 is 36.8. The van der Waals surface area contributed by atoms with E-state index < -0.39 is 23.7 Å². The highest BCUT2D eigenvalue weighted by Crippen LogP contribution is 2.35. The van der Waals surface area contributed by atoms with E-state index in [1.807, 2.05) is 42.5 Å². The number of nitrogens with zero attached hydrogens (tertiary/aromatic N) is 8. The maximum Gasteiger partial charge on any atom is 0.255 e. The van der Waals surface area contributed by atoms with Gasteiger partial charge in [0.05, 0.1) is 29.4 Å². The lowest BCUT2D eigenvalue weighted by Gasteiger charge is -2.37. The first-order valence-corrected chi connectivity index (χ1v) is 22.0. The van der Waals surface area contributed by atoms with E-state index in [1.54, 1.807) is 15.6 Å². The van der Waals surface area contributed by atoms with Gasteiger partial charge in [-0.3, -0.25) is 29.4 Å². The van der Waals surface area contributed by atoms with Gasteiger partial charge >= 0.3 is 0 Å². The van der Waals surface area contributed by atoms with Crippen LogP contribution >= 0.6 is 0 Å². The molecule has 4 aliphatic heterocycles. The molecule has 10 rings (SSSR count). The number of hydrogen-bond acceptors (Lipinski definition) is 12. The number of amides is 4. The van der Waals surface area contributed by atoms with Crippen molar-refractivity contribution in [1.82, 2.24) is 40.2 Å². The van der Waals surface area contributed by atoms with Crippen LogP contribution in [0.1, 0.15) is 51.1 Å². The highest BCUT2D eigenvalue weighted by atomic mass is 19.1. The maximum absolute atomic E-state index is 16.1. The monoisotopic (exact) mass is 895 g/mol. The van der Waals surface area contributed by atoms with Crippen LogP contribution in [0, 0.1) is 17.6 Å². The van der Waals surface area contributed by atoms with Crippen molar-refractivity contribution in [3.05, 3.63) is 119 Å². The number of fused-ring (bicyclic) bond motifs is 2. The lowest BCUT2D eigenvalue weighted by Crippen LogP contribution is -2.52. The number of hydrogen-bond donors (Lipinski definition) is 3. The molecular formula is C48H47F2N11O5. The fourth-order valence-corrected chi connectivity index (χ4v) is 9.67. The number of piperazine rings is 1. The molecular weight excluding hydrogens is 849 g/mol. The molecule has 0 radical (unpaired) electrons. The Morgan fingerprint density at radius 3 is 2.47 bits per heavy atom. The normalized spacial score (nSPS) is 18.8. The quantitative estimate of drug-likeness (QED) is 0.153. The SMILES string of the molecule is COc1ccc(F)cc1C(=O)NCc1ccc(-c2nn(-c3ccc(N4CC[C@@H](CN5CCN(c6ccc7c(c6)CN([C@H]6CCC(=O)NC6=O)C7=O)CC5)C4)c(F)c3)c3ncnc(N)c23)cc1. The number of carbonyl (C=O) groups excluding carboxylic acids is 4. The van der Waals surface area contributed by atoms with E-state index in [2.05, 4.69) is 41.4 Å². The number of piperidine rings is 1. The van der Waals surface area contributed by atoms with Crippen molar-refractivity contribution in [1.29, 1.82) is 0 Å². The van der Waals surface area contributed by atoms with Gasteiger partial charge in [0.25, 0.3) is 11.8 Å². The van der Waals surface area contributed by atoms with Gasteiger partial charge in [-0.15, -0.1) is 0 Å². The van der Waals surface area contributed by atoms with Crippen LogP contribution in [0.2, 0.25) is 0 Å². The molecule has 2 atom stereocenters. The van der Waals surface area contributed by atoms with Crippen molar-refractivity contribution in [3.63, 3.8) is 0 Å². The van der Waals surface area contributed by atoms with E-state index in [4.69, 9.17) is 15.6 Å². The molecule has 3 saturated heterocycles. The van der Waals surface area contributed by atoms with Crippen LogP contribution in [0.15, 0.2) is 85.2 Å². The Bertz CT molecular complexity index is 2900. The number of carbonyl (C=O) groups is 4. The second kappa shape index (κ2) is 17.5. The Morgan fingerprint density at radius 1 is 0.894 bits per heavy atom. The van der Waals surface area contributed by atoms with Gasteiger partial charge in [0.2, 0.25) is 11.8 Å². The molecule has 0 aliphatic carbocycles. The molecule has 338 valence electrons. The number of nitrogens with two attached hydrogens (primary N) is 1. The second-order valence-electron chi connectivity index (χ2n) is 17.2. The number of anilines is 3. The topological polar surface area (TPSA) is 184 Å². The van der Waals surface area contributed by atoms with Crippen molar-refractivity contribution in [3.8, 4) is 22.7 Å². The number of rotatable bonds is 11. The summed E-state index contributed by atoms with van der Waals surface area (Å²) >= 11 is 0. The predicted octanol–water partition coefficient (Wildman–Crippen LogP) is 4.69. The van der Waals surface area contributed by atoms with Crippen LogP contribution in [0.25, 0.3) is 28.0 Å². The van der Waals surface area contributed by atoms with Gasteiger partial charge < -0.3 is 30.5 Å². The fraction of sp³-hybridized carbons (Fsp3) is 0.312. The minimum atomic E-state index is -0.637. The van der Waals surface area contributed by atoms with Gasteiger partial charge in [0.15, 0.2) is 5.65 Å². The molecule has 0 saturated carbocycles. The van der Waals surface area contributed by atoms with E-state index in [0.717, 1.165) is 75.1 Å². The largest absolute Gasteiger partial charge is 0.496 e. The summed E-state index contributed by atoms with van der Waals surface area (Å²) in [5, 5.41) is 10.5. The zero-order valence-corrected chi connectivity index (χ0v) is 36.2. The molecule has 4 N–H and O–H groups in total. The summed E-state index contributed by atoms with van der Waals surface area (Å²) in [6, 6.07) is 21.5. The Morgan fingerprint density at radius 2 is 1.70 bits per heavy atom. The van der Waals surface area contributed by atoms with Crippen LogP contribution in [-0.4, -0.2) is 112 Å². The van der Waals surface area contributed by atoms with Gasteiger partial charge in [-0.25, -0.2) is 23.4 Å². The standard InChI is InChI=1S/C48H47F2N11O5/c1-66-40-12-6-32(49)21-36(40)46(63)52-23-28-2-4-30(5-3-28)43-42-44(51)53-27-54-45(42)61(56-43)34-8-10-38(37(50)22-34)59-15-14-29(25-59)24-57-16-18-58(19-17-57)33-7-9-35-31(20-33)26-60(48(35)65)39-11-13-41(62)55-47(39)64/h2-10,12,20-22,27,29,39H,11,13-19,23-26H2,1H3,(H,52,63)(H2,51,53,54)(H,55,62,64)/t29-,39-/m0/s1. The molecule has 66 heavy (non-hydrogen) atoms. The van der Waals surface area contributed by atoms with Gasteiger partial charge in [0.1, 0.15) is 41.3 Å². The predicted molar refractivity (Wildman–Crippen MR) is 242 cm³/mol. The van der Waals surface area contributed by atoms with Gasteiger partial charge in [-0.2, -0.15) is 5.10 Å². The number of ether oxygens (including phenoxy) is 1. The van der Waals surface area contributed by atoms with Crippen LogP contribution in [0.5, 0.6) is 5.75 Å². The van der Waals surface area contributed by atoms with E-state index >= 15 is 4.39 Å². The fourth-order valence-electron chi connectivity index (χ4n) is 9.67. The smallest absolute Gasteiger partial charge is 0.255 e. The molecule has 4 aliphatic rings. The first-order chi connectivity index (χ1) is 32.0. The molecule has 16 nitrogen and oxygen atoms in total. The first-order valence-electron chi connectivity index (χ1n) is 22.0. The van der Waals surface area contributed by atoms with Crippen molar-refractivity contribution in [2.75, 3.05) is 68.5 Å². The summed E-state index contributed by atoms with van der Waals surface area (Å²) in [5.41, 5.74) is 12.5. The van der Waals surface area contributed by atoms with Crippen molar-refractivity contribution < 1.29 is 32.7 Å². The Hall–Kier alpha value is -7.47. The summed E-state index contributed by atoms with van der Waals surface area (Å²) in [4.78, 5) is 67.4. The highest BCUT2D eigenvalue weighted by molar-refractivity contribution is 6.05. The van der Waals surface area contributed by atoms with E-state index in [1.165, 1.54) is 31.6 Å². The van der Waals surface area contributed by atoms with Gasteiger partial charge in [-0.1, -0.05) is 24.3 Å². The Labute approximate surface area is 378 Å². The maximum atomic E-state index is 16.1. The molecule has 6 heterocycles. The molecule has 2 aromatic heterocycles. The average Bonchev–Trinajstić information content (AvgIpc) is 4.04. The number of nitrogen functional groups attached to an aromatic ring is 1. The zero-order valence-electron chi connectivity index (χ0n) is 36.2. The lowest BCUT2D eigenvalue weighted by molar-refractivity contribution is -0.136. The minimum absolute atomic E-state index is 0.0948. The molecule has 4 amide bonds. The van der Waals surface area contributed by atoms with E-state index in [0.29, 0.717) is 58.1 Å². The number of halogens is 2. The summed E-state index contributed by atoms with van der Waals surface area (Å²) in [5.74, 6) is -1.41. The third-order valence-corrected chi connectivity index (χ3v) is 13.1. The minimum Gasteiger partial charge on any atom is -0.496 e. The van der Waals surface area contributed by atoms with E-state index in [9.17, 15) is 23.6 Å². The van der Waals surface area contributed by atoms with Crippen molar-refractivity contribution >= 4 is 51.9 Å². The number of methoxy groups -OCH3 is 1. The van der Waals surface area contributed by atoms with Gasteiger partial charge in [-0.05, 0) is 78.4 Å². The molecule has 6 aromatic rings. The number of aromatic nitrogens is 4. The number of nitrogens with one attached hydrogen (secondary N) is 2. The lowest BCUT2D eigenvalue weighted by atomic mass is 10.0. The second-order valence-corrected chi connectivity index (χ2v) is 17.2. The summed E-state index contributed by atoms with van der Waals surface area (Å²) in [7, 11) is 1.42. The molecule has 18 heteroatoms. The molecule has 3 fully saturated rings. The molecule has 4 aromatic carbocycles. The third-order valence-electron chi connectivity index (χ3n) is 13.1. The van der Waals surface area contributed by atoms with E-state index in [-0.39, 0.29) is 47.7 Å². The summed E-state index contributed by atoms with van der Waals surface area (Å²) in [6.07, 6.45) is 2.85. The van der Waals surface area contributed by atoms with Gasteiger partial charge in [0, 0.05) is 88.2 Å². The molecule has 0 spiro atoms. The first kappa shape index (κ1) is 42.5. The van der Waals surface area contributed by atoms with Crippen LogP contribution in [0.4, 0.5) is 26.0 Å². The van der Waals surface area contributed by atoms with Crippen LogP contribution < -0.4 is 30.9 Å². The third kappa shape index (κ3) is 8.12. The zero-order chi connectivity index (χ0) is 45.6. The van der Waals surface area contributed by atoms with Crippen LogP contribution in [0.3, 0.4) is 0 Å². The highest BCUT2D eigenvalue weighted by Gasteiger charge is 2.39. The Kier molecular flexibility index (Phi) is 11.3. The number of imide groups is 1. The van der Waals surface area contributed by atoms with Crippen molar-refractivity contribution in [2.45, 2.75) is 38.4 Å². The Balaban J connectivity index is 0.758. The van der Waals surface area contributed by atoms with Crippen LogP contribution in [-0.2, 0) is 22.7 Å². The number of benzene rings is 4.